The second-order valence-electron chi connectivity index (χ2n) is 5.16. The third-order valence-corrected chi connectivity index (χ3v) is 4.30. The van der Waals surface area contributed by atoms with Gasteiger partial charge in [-0.25, -0.2) is 4.68 Å². The quantitative estimate of drug-likeness (QED) is 0.668. The number of nitrogens with one attached hydrogen (secondary N) is 1. The van der Waals surface area contributed by atoms with Crippen LogP contribution in [-0.4, -0.2) is 31.9 Å². The largest absolute Gasteiger partial charge is 0.351 e. The van der Waals surface area contributed by atoms with Crippen molar-refractivity contribution in [2.24, 2.45) is 0 Å². The summed E-state index contributed by atoms with van der Waals surface area (Å²) in [6.45, 7) is 1.11. The summed E-state index contributed by atoms with van der Waals surface area (Å²) in [5.41, 5.74) is 2.19. The van der Waals surface area contributed by atoms with Crippen molar-refractivity contribution in [3.05, 3.63) is 71.8 Å². The zero-order valence-electron chi connectivity index (χ0n) is 13.0. The number of amides is 1. The van der Waals surface area contributed by atoms with Crippen LogP contribution in [0.4, 0.5) is 0 Å². The van der Waals surface area contributed by atoms with E-state index in [0.717, 1.165) is 11.1 Å². The molecule has 0 saturated carbocycles. The molecule has 0 aliphatic heterocycles. The number of tetrazole rings is 1. The van der Waals surface area contributed by atoms with Crippen LogP contribution >= 0.6 is 11.8 Å². The molecule has 1 N–H and O–H groups in total. The van der Waals surface area contributed by atoms with Crippen LogP contribution in [0.1, 0.15) is 11.1 Å². The standard InChI is InChI=1S/C17H17N5OS/c23-16(18-11-14-7-3-1-4-8-14)13-24-17-19-20-21-22(17)12-15-9-5-2-6-10-15/h1-10H,11-13H2,(H,18,23). The molecule has 0 aliphatic rings. The lowest BCUT2D eigenvalue weighted by Crippen LogP contribution is -2.24. The van der Waals surface area contributed by atoms with Crippen molar-refractivity contribution >= 4 is 17.7 Å². The van der Waals surface area contributed by atoms with Gasteiger partial charge in [0.05, 0.1) is 12.3 Å². The molecule has 2 aromatic carbocycles. The predicted molar refractivity (Wildman–Crippen MR) is 92.4 cm³/mol. The van der Waals surface area contributed by atoms with Gasteiger partial charge in [-0.2, -0.15) is 0 Å². The third kappa shape index (κ3) is 4.66. The Balaban J connectivity index is 1.50. The maximum Gasteiger partial charge on any atom is 0.230 e. The number of thioether (sulfide) groups is 1. The molecular weight excluding hydrogens is 322 g/mol. The predicted octanol–water partition coefficient (Wildman–Crippen LogP) is 2.13. The Kier molecular flexibility index (Phi) is 5.57. The first-order chi connectivity index (χ1) is 11.8. The molecule has 24 heavy (non-hydrogen) atoms. The van der Waals surface area contributed by atoms with E-state index in [2.05, 4.69) is 20.8 Å². The molecule has 1 heterocycles. The Bertz CT molecular complexity index is 776. The van der Waals surface area contributed by atoms with Crippen LogP contribution in [0, 0.1) is 0 Å². The highest BCUT2D eigenvalue weighted by atomic mass is 32.2. The average molecular weight is 339 g/mol. The number of carbonyl (C=O) groups is 1. The number of benzene rings is 2. The number of hydrogen-bond acceptors (Lipinski definition) is 5. The summed E-state index contributed by atoms with van der Waals surface area (Å²) in [4.78, 5) is 12.0. The Morgan fingerprint density at radius 3 is 2.38 bits per heavy atom. The minimum absolute atomic E-state index is 0.0434. The molecule has 1 amide bonds. The maximum absolute atomic E-state index is 12.0. The van der Waals surface area contributed by atoms with E-state index >= 15 is 0 Å². The van der Waals surface area contributed by atoms with Crippen LogP contribution in [0.2, 0.25) is 0 Å². The van der Waals surface area contributed by atoms with Crippen LogP contribution in [-0.2, 0) is 17.9 Å². The highest BCUT2D eigenvalue weighted by molar-refractivity contribution is 7.99. The molecule has 122 valence electrons. The minimum atomic E-state index is -0.0434. The van der Waals surface area contributed by atoms with Crippen molar-refractivity contribution in [3.8, 4) is 0 Å². The number of nitrogens with zero attached hydrogens (tertiary/aromatic N) is 4. The monoisotopic (exact) mass is 339 g/mol. The molecule has 0 saturated heterocycles. The molecule has 0 aliphatic carbocycles. The van der Waals surface area contributed by atoms with Gasteiger partial charge >= 0.3 is 0 Å². The van der Waals surface area contributed by atoms with Gasteiger partial charge in [-0.05, 0) is 21.6 Å². The summed E-state index contributed by atoms with van der Waals surface area (Å²) < 4.78 is 1.70. The molecule has 3 rings (SSSR count). The first-order valence-electron chi connectivity index (χ1n) is 7.55. The van der Waals surface area contributed by atoms with E-state index in [1.54, 1.807) is 4.68 Å². The molecule has 0 fully saturated rings. The number of aromatic nitrogens is 4. The first kappa shape index (κ1) is 16.2. The van der Waals surface area contributed by atoms with E-state index in [-0.39, 0.29) is 11.7 Å². The van der Waals surface area contributed by atoms with Gasteiger partial charge in [-0.3, -0.25) is 4.79 Å². The van der Waals surface area contributed by atoms with Crippen molar-refractivity contribution in [3.63, 3.8) is 0 Å². The summed E-state index contributed by atoms with van der Waals surface area (Å²) in [6.07, 6.45) is 0. The smallest absolute Gasteiger partial charge is 0.230 e. The van der Waals surface area contributed by atoms with E-state index < -0.39 is 0 Å². The molecule has 6 nitrogen and oxygen atoms in total. The summed E-state index contributed by atoms with van der Waals surface area (Å²) >= 11 is 1.33. The topological polar surface area (TPSA) is 72.7 Å². The van der Waals surface area contributed by atoms with Crippen molar-refractivity contribution in [1.29, 1.82) is 0 Å². The number of carbonyl (C=O) groups excluding carboxylic acids is 1. The summed E-state index contributed by atoms with van der Waals surface area (Å²) in [6, 6.07) is 19.8. The zero-order chi connectivity index (χ0) is 16.6. The second-order valence-corrected chi connectivity index (χ2v) is 6.10. The lowest BCUT2D eigenvalue weighted by atomic mass is 10.2. The highest BCUT2D eigenvalue weighted by Crippen LogP contribution is 2.14. The average Bonchev–Trinajstić information content (AvgIpc) is 3.07. The lowest BCUT2D eigenvalue weighted by molar-refractivity contribution is -0.118. The van der Waals surface area contributed by atoms with Gasteiger partial charge in [0.1, 0.15) is 0 Å². The van der Waals surface area contributed by atoms with Gasteiger partial charge < -0.3 is 5.32 Å². The fourth-order valence-electron chi connectivity index (χ4n) is 2.13. The van der Waals surface area contributed by atoms with Gasteiger partial charge in [-0.15, -0.1) is 5.10 Å². The fraction of sp³-hybridized carbons (Fsp3) is 0.176. The number of hydrogen-bond donors (Lipinski definition) is 1. The molecule has 1 aromatic heterocycles. The minimum Gasteiger partial charge on any atom is -0.351 e. The van der Waals surface area contributed by atoms with E-state index in [4.69, 9.17) is 0 Å². The molecule has 0 bridgehead atoms. The Hall–Kier alpha value is -2.67. The molecule has 0 spiro atoms. The van der Waals surface area contributed by atoms with Gasteiger partial charge in [0.2, 0.25) is 11.1 Å². The molecule has 0 atom stereocenters. The number of rotatable bonds is 7. The van der Waals surface area contributed by atoms with Gasteiger partial charge in [0.15, 0.2) is 0 Å². The van der Waals surface area contributed by atoms with E-state index in [0.29, 0.717) is 18.2 Å². The second kappa shape index (κ2) is 8.26. The van der Waals surface area contributed by atoms with Gasteiger partial charge in [-0.1, -0.05) is 72.4 Å². The van der Waals surface area contributed by atoms with Crippen molar-refractivity contribution < 1.29 is 4.79 Å². The van der Waals surface area contributed by atoms with Crippen LogP contribution < -0.4 is 5.32 Å². The Morgan fingerprint density at radius 2 is 1.67 bits per heavy atom. The first-order valence-corrected chi connectivity index (χ1v) is 8.53. The molecule has 3 aromatic rings. The van der Waals surface area contributed by atoms with Crippen LogP contribution in [0.15, 0.2) is 65.8 Å². The van der Waals surface area contributed by atoms with Crippen molar-refractivity contribution in [2.75, 3.05) is 5.75 Å². The Morgan fingerprint density at radius 1 is 1.00 bits per heavy atom. The third-order valence-electron chi connectivity index (χ3n) is 3.34. The summed E-state index contributed by atoms with van der Waals surface area (Å²) in [5.74, 6) is 0.236. The summed E-state index contributed by atoms with van der Waals surface area (Å²) in [7, 11) is 0. The van der Waals surface area contributed by atoms with Gasteiger partial charge in [0.25, 0.3) is 0 Å². The summed E-state index contributed by atoms with van der Waals surface area (Å²) in [5, 5.41) is 15.2. The molecule has 7 heteroatoms. The molecular formula is C17H17N5OS. The van der Waals surface area contributed by atoms with Crippen LogP contribution in [0.5, 0.6) is 0 Å². The zero-order valence-corrected chi connectivity index (χ0v) is 13.8. The highest BCUT2D eigenvalue weighted by Gasteiger charge is 2.10. The lowest BCUT2D eigenvalue weighted by Gasteiger charge is -2.06. The SMILES string of the molecule is O=C(CSc1nnnn1Cc1ccccc1)NCc1ccccc1. The Labute approximate surface area is 144 Å². The normalized spacial score (nSPS) is 10.5. The molecule has 0 radical (unpaired) electrons. The van der Waals surface area contributed by atoms with Crippen LogP contribution in [0.3, 0.4) is 0 Å². The van der Waals surface area contributed by atoms with Gasteiger partial charge in [0, 0.05) is 6.54 Å². The van der Waals surface area contributed by atoms with E-state index in [1.807, 2.05) is 60.7 Å². The van der Waals surface area contributed by atoms with Crippen molar-refractivity contribution in [2.45, 2.75) is 18.2 Å². The maximum atomic E-state index is 12.0. The molecule has 0 unspecified atom stereocenters. The van der Waals surface area contributed by atoms with E-state index in [9.17, 15) is 4.79 Å². The van der Waals surface area contributed by atoms with E-state index in [1.165, 1.54) is 11.8 Å². The van der Waals surface area contributed by atoms with Crippen LogP contribution in [0.25, 0.3) is 0 Å². The van der Waals surface area contributed by atoms with Crippen molar-refractivity contribution in [1.82, 2.24) is 25.5 Å². The fourth-order valence-corrected chi connectivity index (χ4v) is 2.84.